The summed E-state index contributed by atoms with van der Waals surface area (Å²) in [6, 6.07) is 41.9. The number of aromatic nitrogens is 3. The molecule has 0 bridgehead atoms. The summed E-state index contributed by atoms with van der Waals surface area (Å²) < 4.78 is 49.0. The van der Waals surface area contributed by atoms with Gasteiger partial charge < -0.3 is 4.42 Å². The summed E-state index contributed by atoms with van der Waals surface area (Å²) in [6.07, 6.45) is 0. The van der Waals surface area contributed by atoms with Crippen molar-refractivity contribution in [2.45, 2.75) is 0 Å². The summed E-state index contributed by atoms with van der Waals surface area (Å²) in [6.45, 7) is 0. The number of nitrogens with zero attached hydrogens (tertiary/aromatic N) is 3. The number of benzene rings is 7. The molecule has 0 fully saturated rings. The summed E-state index contributed by atoms with van der Waals surface area (Å²) in [7, 11) is 0. The summed E-state index contributed by atoms with van der Waals surface area (Å²) in [4.78, 5) is 14.8. The van der Waals surface area contributed by atoms with Crippen LogP contribution in [0.15, 0.2) is 168 Å². The molecule has 4 heteroatoms. The summed E-state index contributed by atoms with van der Waals surface area (Å²) in [5.74, 6) is 0.537. The maximum absolute atomic E-state index is 8.82. The van der Waals surface area contributed by atoms with Crippen molar-refractivity contribution < 1.29 is 11.3 Å². The van der Waals surface area contributed by atoms with E-state index >= 15 is 0 Å². The Balaban J connectivity index is 1.35. The highest BCUT2D eigenvalue weighted by Crippen LogP contribution is 2.39. The van der Waals surface area contributed by atoms with Gasteiger partial charge in [0.25, 0.3) is 0 Å². The third-order valence-corrected chi connectivity index (χ3v) is 8.37. The number of hydrogen-bond donors (Lipinski definition) is 0. The summed E-state index contributed by atoms with van der Waals surface area (Å²) in [5, 5.41) is 3.78. The van der Waals surface area contributed by atoms with Crippen molar-refractivity contribution in [3.05, 3.63) is 164 Å². The fourth-order valence-corrected chi connectivity index (χ4v) is 6.15. The highest BCUT2D eigenvalue weighted by atomic mass is 16.3. The largest absolute Gasteiger partial charge is 0.456 e. The first-order valence-corrected chi connectivity index (χ1v) is 15.3. The molecule has 47 heavy (non-hydrogen) atoms. The predicted octanol–water partition coefficient (Wildman–Crippen LogP) is 11.3. The van der Waals surface area contributed by atoms with Crippen LogP contribution < -0.4 is 0 Å². The number of hydrogen-bond acceptors (Lipinski definition) is 4. The Morgan fingerprint density at radius 2 is 1.00 bits per heavy atom. The maximum atomic E-state index is 8.82. The number of rotatable bonds is 5. The van der Waals surface area contributed by atoms with Crippen molar-refractivity contribution in [3.8, 4) is 56.4 Å². The first-order chi connectivity index (χ1) is 25.3. The van der Waals surface area contributed by atoms with E-state index < -0.39 is 30.2 Å². The lowest BCUT2D eigenvalue weighted by atomic mass is 9.96. The van der Waals surface area contributed by atoms with E-state index in [2.05, 4.69) is 18.2 Å². The molecule has 0 unspecified atom stereocenters. The lowest BCUT2D eigenvalue weighted by molar-refractivity contribution is 0.669. The third-order valence-electron chi connectivity index (χ3n) is 8.37. The molecule has 0 saturated heterocycles. The maximum Gasteiger partial charge on any atom is 0.164 e. The molecule has 7 aromatic carbocycles. The Bertz CT molecular complexity index is 2770. The summed E-state index contributed by atoms with van der Waals surface area (Å²) in [5.41, 5.74) is 6.48. The topological polar surface area (TPSA) is 51.8 Å². The Kier molecular flexibility index (Phi) is 5.28. The van der Waals surface area contributed by atoms with E-state index in [1.54, 1.807) is 0 Å². The predicted molar refractivity (Wildman–Crippen MR) is 192 cm³/mol. The van der Waals surface area contributed by atoms with Gasteiger partial charge in [0, 0.05) is 27.5 Å². The lowest BCUT2D eigenvalue weighted by Gasteiger charge is -2.13. The van der Waals surface area contributed by atoms with Gasteiger partial charge >= 0.3 is 0 Å². The van der Waals surface area contributed by atoms with Crippen LogP contribution in [-0.2, 0) is 0 Å². The van der Waals surface area contributed by atoms with Crippen LogP contribution in [0.5, 0.6) is 0 Å². The van der Waals surface area contributed by atoms with Gasteiger partial charge in [0.2, 0.25) is 0 Å². The molecule has 9 rings (SSSR count). The second kappa shape index (κ2) is 11.2. The minimum Gasteiger partial charge on any atom is -0.456 e. The van der Waals surface area contributed by atoms with Crippen LogP contribution in [-0.4, -0.2) is 15.0 Å². The van der Waals surface area contributed by atoms with Gasteiger partial charge in [-0.2, -0.15) is 0 Å². The highest BCUT2D eigenvalue weighted by Gasteiger charge is 2.19. The quantitative estimate of drug-likeness (QED) is 0.196. The summed E-state index contributed by atoms with van der Waals surface area (Å²) >= 11 is 0. The molecule has 0 atom stereocenters. The average Bonchev–Trinajstić information content (AvgIpc) is 3.56. The zero-order valence-electron chi connectivity index (χ0n) is 30.0. The van der Waals surface area contributed by atoms with Crippen molar-refractivity contribution >= 4 is 32.7 Å². The smallest absolute Gasteiger partial charge is 0.164 e. The normalized spacial score (nSPS) is 12.9. The van der Waals surface area contributed by atoms with Crippen LogP contribution in [0.1, 0.15) is 6.85 Å². The van der Waals surface area contributed by atoms with Gasteiger partial charge in [0.1, 0.15) is 11.2 Å². The van der Waals surface area contributed by atoms with Crippen LogP contribution in [0.25, 0.3) is 89.1 Å². The van der Waals surface area contributed by atoms with Crippen molar-refractivity contribution in [2.75, 3.05) is 0 Å². The van der Waals surface area contributed by atoms with Crippen LogP contribution in [0, 0.1) is 0 Å². The van der Waals surface area contributed by atoms with Crippen LogP contribution in [0.4, 0.5) is 0 Å². The van der Waals surface area contributed by atoms with E-state index in [-0.39, 0.29) is 23.0 Å². The molecule has 0 aliphatic rings. The van der Waals surface area contributed by atoms with Gasteiger partial charge in [-0.25, -0.2) is 15.0 Å². The first-order valence-electron chi connectivity index (χ1n) is 17.8. The van der Waals surface area contributed by atoms with Crippen molar-refractivity contribution in [1.82, 2.24) is 15.0 Å². The van der Waals surface area contributed by atoms with Gasteiger partial charge in [-0.15, -0.1) is 0 Å². The van der Waals surface area contributed by atoms with Gasteiger partial charge in [-0.1, -0.05) is 127 Å². The van der Waals surface area contributed by atoms with E-state index in [0.717, 1.165) is 43.8 Å². The Hall–Kier alpha value is -6.39. The fourth-order valence-electron chi connectivity index (χ4n) is 6.15. The average molecular weight is 607 g/mol. The molecule has 2 aromatic heterocycles. The highest BCUT2D eigenvalue weighted by molar-refractivity contribution is 6.15. The van der Waals surface area contributed by atoms with Gasteiger partial charge in [0.05, 0.1) is 6.85 Å². The van der Waals surface area contributed by atoms with Gasteiger partial charge in [-0.3, -0.25) is 0 Å². The van der Waals surface area contributed by atoms with Crippen molar-refractivity contribution in [3.63, 3.8) is 0 Å². The molecule has 220 valence electrons. The molecule has 9 aromatic rings. The molecule has 0 N–H and O–H groups in total. The first kappa shape index (κ1) is 22.2. The zero-order chi connectivity index (χ0) is 35.5. The minimum absolute atomic E-state index is 0.0290. The second-order valence-corrected chi connectivity index (χ2v) is 11.3. The van der Waals surface area contributed by atoms with E-state index in [0.29, 0.717) is 22.3 Å². The lowest BCUT2D eigenvalue weighted by Crippen LogP contribution is -2.01. The SMILES string of the molecule is [2H]c1c([2H])c([2H])c(-c2nc(-c3cc(-c4ccccc4)cc(-c4ccccc4)c3)nc(-c3cccc4oc5cc6ccccc6cc5c34)n2)c([2H])c1[2H]. The molecule has 0 amide bonds. The van der Waals surface area contributed by atoms with Crippen LogP contribution >= 0.6 is 0 Å². The minimum atomic E-state index is -0.488. The van der Waals surface area contributed by atoms with E-state index in [1.807, 2.05) is 115 Å². The monoisotopic (exact) mass is 606 g/mol. The van der Waals surface area contributed by atoms with Crippen molar-refractivity contribution in [1.29, 1.82) is 0 Å². The standard InChI is InChI=1S/C43H27N3O/c1-4-13-28(14-5-1)33-23-34(29-15-6-2-7-16-29)25-35(24-33)42-44-41(30-17-8-3-9-18-30)45-43(46-42)36-21-12-22-38-40(36)37-26-31-19-10-11-20-32(31)27-39(37)47-38/h1-27H/i3D,8D,9D,17D,18D. The van der Waals surface area contributed by atoms with E-state index in [1.165, 1.54) is 0 Å². The fraction of sp³-hybridized carbons (Fsp3) is 0. The molecular weight excluding hydrogens is 574 g/mol. The molecular formula is C43H27N3O. The number of fused-ring (bicyclic) bond motifs is 4. The van der Waals surface area contributed by atoms with E-state index in [9.17, 15) is 0 Å². The molecule has 4 nitrogen and oxygen atoms in total. The molecule has 0 spiro atoms. The van der Waals surface area contributed by atoms with Crippen LogP contribution in [0.2, 0.25) is 0 Å². The molecule has 2 heterocycles. The molecule has 0 saturated carbocycles. The van der Waals surface area contributed by atoms with Gasteiger partial charge in [-0.05, 0) is 69.4 Å². The molecule has 0 radical (unpaired) electrons. The molecule has 0 aliphatic carbocycles. The van der Waals surface area contributed by atoms with Crippen LogP contribution in [0.3, 0.4) is 0 Å². The third kappa shape index (κ3) is 4.93. The Labute approximate surface area is 278 Å². The van der Waals surface area contributed by atoms with Gasteiger partial charge in [0.15, 0.2) is 17.5 Å². The Morgan fingerprint density at radius 1 is 0.426 bits per heavy atom. The Morgan fingerprint density at radius 3 is 1.68 bits per heavy atom. The van der Waals surface area contributed by atoms with Crippen molar-refractivity contribution in [2.24, 2.45) is 0 Å². The molecule has 0 aliphatic heterocycles. The number of furan rings is 1. The van der Waals surface area contributed by atoms with E-state index in [4.69, 9.17) is 26.2 Å². The zero-order valence-corrected chi connectivity index (χ0v) is 25.0. The second-order valence-electron chi connectivity index (χ2n) is 11.3.